The number of nitrogens with zero attached hydrogens (tertiary/aromatic N) is 1. The van der Waals surface area contributed by atoms with Crippen molar-refractivity contribution >= 4 is 57.2 Å². The van der Waals surface area contributed by atoms with E-state index in [0.717, 1.165) is 21.4 Å². The number of rotatable bonds is 3. The van der Waals surface area contributed by atoms with Crippen LogP contribution in [0, 0.1) is 0 Å². The Kier molecular flexibility index (Phi) is 4.31. The zero-order valence-electron chi connectivity index (χ0n) is 13.6. The lowest BCUT2D eigenvalue weighted by atomic mass is 10.1. The summed E-state index contributed by atoms with van der Waals surface area (Å²) in [6.45, 7) is 0. The number of fused-ring (bicyclic) bond motifs is 1. The smallest absolute Gasteiger partial charge is 0.256 e. The number of halogens is 2. The van der Waals surface area contributed by atoms with Gasteiger partial charge in [0.2, 0.25) is 5.91 Å². The second-order valence-corrected chi connectivity index (χ2v) is 7.03. The molecule has 0 radical (unpaired) electrons. The molecule has 130 valence electrons. The molecule has 4 rings (SSSR count). The van der Waals surface area contributed by atoms with Crippen LogP contribution in [0.25, 0.3) is 10.8 Å². The first-order valence-corrected chi connectivity index (χ1v) is 8.85. The number of amides is 2. The van der Waals surface area contributed by atoms with E-state index in [-0.39, 0.29) is 18.2 Å². The van der Waals surface area contributed by atoms with Crippen molar-refractivity contribution in [1.29, 1.82) is 0 Å². The van der Waals surface area contributed by atoms with Crippen molar-refractivity contribution in [3.8, 4) is 0 Å². The van der Waals surface area contributed by atoms with Crippen LogP contribution in [-0.2, 0) is 9.59 Å². The maximum absolute atomic E-state index is 12.8. The standard InChI is InChI=1S/C20H14Cl2N2O2/c21-14-8-15(22)10-17(9-14)24-19(25)11-18(20(24)26)23-16-6-5-12-3-1-2-4-13(12)7-16/h1-10,18,23H,11H2/t18-/m0/s1. The third kappa shape index (κ3) is 3.14. The molecule has 3 aromatic carbocycles. The number of nitrogens with one attached hydrogen (secondary N) is 1. The summed E-state index contributed by atoms with van der Waals surface area (Å²) >= 11 is 12.0. The number of carbonyl (C=O) groups is 2. The zero-order valence-corrected chi connectivity index (χ0v) is 15.1. The van der Waals surface area contributed by atoms with E-state index >= 15 is 0 Å². The Labute approximate surface area is 160 Å². The Morgan fingerprint density at radius 1 is 0.885 bits per heavy atom. The van der Waals surface area contributed by atoms with E-state index in [9.17, 15) is 9.59 Å². The molecule has 1 fully saturated rings. The van der Waals surface area contributed by atoms with Crippen LogP contribution < -0.4 is 10.2 Å². The number of carbonyl (C=O) groups excluding carboxylic acids is 2. The summed E-state index contributed by atoms with van der Waals surface area (Å²) in [5.41, 5.74) is 1.18. The van der Waals surface area contributed by atoms with Gasteiger partial charge in [0, 0.05) is 15.7 Å². The van der Waals surface area contributed by atoms with Crippen molar-refractivity contribution in [1.82, 2.24) is 0 Å². The number of anilines is 2. The van der Waals surface area contributed by atoms with E-state index in [1.54, 1.807) is 18.2 Å². The minimum Gasteiger partial charge on any atom is -0.373 e. The minimum absolute atomic E-state index is 0.0792. The lowest BCUT2D eigenvalue weighted by Gasteiger charge is -2.17. The van der Waals surface area contributed by atoms with Crippen LogP contribution in [0.15, 0.2) is 60.7 Å². The van der Waals surface area contributed by atoms with E-state index in [4.69, 9.17) is 23.2 Å². The van der Waals surface area contributed by atoms with Crippen molar-refractivity contribution in [2.24, 2.45) is 0 Å². The molecule has 1 aliphatic heterocycles. The molecule has 2 amide bonds. The van der Waals surface area contributed by atoms with Crippen molar-refractivity contribution in [2.75, 3.05) is 10.2 Å². The van der Waals surface area contributed by atoms with Crippen LogP contribution in [0.5, 0.6) is 0 Å². The van der Waals surface area contributed by atoms with Gasteiger partial charge in [0.05, 0.1) is 12.1 Å². The molecule has 0 unspecified atom stereocenters. The number of benzene rings is 3. The van der Waals surface area contributed by atoms with Gasteiger partial charge in [-0.25, -0.2) is 4.90 Å². The highest BCUT2D eigenvalue weighted by Gasteiger charge is 2.39. The molecular weight excluding hydrogens is 371 g/mol. The quantitative estimate of drug-likeness (QED) is 0.653. The van der Waals surface area contributed by atoms with Gasteiger partial charge in [-0.15, -0.1) is 0 Å². The highest BCUT2D eigenvalue weighted by atomic mass is 35.5. The number of hydrogen-bond acceptors (Lipinski definition) is 3. The second-order valence-electron chi connectivity index (χ2n) is 6.16. The van der Waals surface area contributed by atoms with Gasteiger partial charge in [-0.05, 0) is 41.1 Å². The Bertz CT molecular complexity index is 1010. The van der Waals surface area contributed by atoms with E-state index in [1.165, 1.54) is 0 Å². The Hall–Kier alpha value is -2.56. The average Bonchev–Trinajstić information content (AvgIpc) is 2.87. The first-order valence-electron chi connectivity index (χ1n) is 8.09. The fourth-order valence-corrected chi connectivity index (χ4v) is 3.68. The first kappa shape index (κ1) is 16.9. The SMILES string of the molecule is O=C1C[C@H](Nc2ccc3ccccc3c2)C(=O)N1c1cc(Cl)cc(Cl)c1. The van der Waals surface area contributed by atoms with Crippen LogP contribution in [0.1, 0.15) is 6.42 Å². The monoisotopic (exact) mass is 384 g/mol. The molecule has 0 spiro atoms. The van der Waals surface area contributed by atoms with Gasteiger partial charge in [0.25, 0.3) is 5.91 Å². The fourth-order valence-electron chi connectivity index (χ4n) is 3.16. The highest BCUT2D eigenvalue weighted by molar-refractivity contribution is 6.35. The maximum Gasteiger partial charge on any atom is 0.256 e. The molecule has 26 heavy (non-hydrogen) atoms. The Balaban J connectivity index is 1.60. The van der Waals surface area contributed by atoms with Crippen LogP contribution in [0.3, 0.4) is 0 Å². The second kappa shape index (κ2) is 6.63. The zero-order chi connectivity index (χ0) is 18.3. The largest absolute Gasteiger partial charge is 0.373 e. The van der Waals surface area contributed by atoms with E-state index in [2.05, 4.69) is 5.32 Å². The fraction of sp³-hybridized carbons (Fsp3) is 0.100. The summed E-state index contributed by atoms with van der Waals surface area (Å²) in [6.07, 6.45) is 0.0792. The molecule has 1 N–H and O–H groups in total. The van der Waals surface area contributed by atoms with Gasteiger partial charge in [-0.1, -0.05) is 53.5 Å². The molecule has 6 heteroatoms. The van der Waals surface area contributed by atoms with Crippen LogP contribution in [-0.4, -0.2) is 17.9 Å². The van der Waals surface area contributed by atoms with Gasteiger partial charge in [-0.2, -0.15) is 0 Å². The van der Waals surface area contributed by atoms with Crippen LogP contribution in [0.2, 0.25) is 10.0 Å². The van der Waals surface area contributed by atoms with E-state index < -0.39 is 6.04 Å². The van der Waals surface area contributed by atoms with Crippen LogP contribution in [0.4, 0.5) is 11.4 Å². The predicted octanol–water partition coefficient (Wildman–Crippen LogP) is 4.89. The Morgan fingerprint density at radius 3 is 2.31 bits per heavy atom. The normalized spacial score (nSPS) is 17.2. The molecule has 0 aromatic heterocycles. The molecule has 3 aromatic rings. The van der Waals surface area contributed by atoms with Gasteiger partial charge in [-0.3, -0.25) is 9.59 Å². The molecule has 0 aliphatic carbocycles. The summed E-state index contributed by atoms with van der Waals surface area (Å²) in [6, 6.07) is 17.9. The van der Waals surface area contributed by atoms with E-state index in [0.29, 0.717) is 15.7 Å². The molecule has 1 atom stereocenters. The molecule has 1 saturated heterocycles. The lowest BCUT2D eigenvalue weighted by Crippen LogP contribution is -2.34. The molecular formula is C20H14Cl2N2O2. The van der Waals surface area contributed by atoms with Crippen molar-refractivity contribution in [3.05, 3.63) is 70.7 Å². The first-order chi connectivity index (χ1) is 12.5. The topological polar surface area (TPSA) is 49.4 Å². The molecule has 1 heterocycles. The van der Waals surface area contributed by atoms with Gasteiger partial charge < -0.3 is 5.32 Å². The number of imide groups is 1. The Morgan fingerprint density at radius 2 is 1.58 bits per heavy atom. The summed E-state index contributed by atoms with van der Waals surface area (Å²) in [7, 11) is 0. The molecule has 1 aliphatic rings. The predicted molar refractivity (Wildman–Crippen MR) is 105 cm³/mol. The summed E-state index contributed by atoms with van der Waals surface area (Å²) in [5, 5.41) is 6.09. The van der Waals surface area contributed by atoms with Crippen molar-refractivity contribution in [3.63, 3.8) is 0 Å². The third-order valence-electron chi connectivity index (χ3n) is 4.34. The summed E-state index contributed by atoms with van der Waals surface area (Å²) in [5.74, 6) is -0.604. The molecule has 4 nitrogen and oxygen atoms in total. The minimum atomic E-state index is -0.624. The molecule has 0 saturated carbocycles. The lowest BCUT2D eigenvalue weighted by molar-refractivity contribution is -0.121. The highest BCUT2D eigenvalue weighted by Crippen LogP contribution is 2.30. The van der Waals surface area contributed by atoms with Gasteiger partial charge in [0.1, 0.15) is 6.04 Å². The van der Waals surface area contributed by atoms with Crippen molar-refractivity contribution in [2.45, 2.75) is 12.5 Å². The van der Waals surface area contributed by atoms with Crippen LogP contribution >= 0.6 is 23.2 Å². The van der Waals surface area contributed by atoms with Gasteiger partial charge >= 0.3 is 0 Å². The summed E-state index contributed by atoms with van der Waals surface area (Å²) in [4.78, 5) is 26.3. The maximum atomic E-state index is 12.8. The average molecular weight is 385 g/mol. The van der Waals surface area contributed by atoms with Gasteiger partial charge in [0.15, 0.2) is 0 Å². The third-order valence-corrected chi connectivity index (χ3v) is 4.78. The van der Waals surface area contributed by atoms with Crippen molar-refractivity contribution < 1.29 is 9.59 Å². The van der Waals surface area contributed by atoms with E-state index in [1.807, 2.05) is 42.5 Å². The summed E-state index contributed by atoms with van der Waals surface area (Å²) < 4.78 is 0. The number of hydrogen-bond donors (Lipinski definition) is 1. The molecule has 0 bridgehead atoms.